The summed E-state index contributed by atoms with van der Waals surface area (Å²) >= 11 is 7.55. The highest BCUT2D eigenvalue weighted by atomic mass is 35.5. The fourth-order valence-corrected chi connectivity index (χ4v) is 5.00. The first-order valence-electron chi connectivity index (χ1n) is 10.4. The molecule has 9 atom stereocenters. The predicted molar refractivity (Wildman–Crippen MR) is 115 cm³/mol. The van der Waals surface area contributed by atoms with Gasteiger partial charge in [0.15, 0.2) is 0 Å². The van der Waals surface area contributed by atoms with Crippen molar-refractivity contribution in [1.82, 2.24) is 10.6 Å². The number of carbonyl (C=O) groups excluding carboxylic acids is 1. The lowest BCUT2D eigenvalue weighted by molar-refractivity contribution is -0.205. The summed E-state index contributed by atoms with van der Waals surface area (Å²) in [6, 6.07) is -1.06. The zero-order valence-electron chi connectivity index (χ0n) is 17.2. The van der Waals surface area contributed by atoms with Crippen LogP contribution in [-0.4, -0.2) is 87.9 Å². The van der Waals surface area contributed by atoms with Crippen LogP contribution in [0.3, 0.4) is 0 Å². The van der Waals surface area contributed by atoms with Gasteiger partial charge in [0.1, 0.15) is 29.9 Å². The smallest absolute Gasteiger partial charge is 0.237 e. The molecule has 2 heterocycles. The number of aliphatic hydroxyl groups is 3. The normalized spacial score (nSPS) is 38.1. The first-order chi connectivity index (χ1) is 13.8. The monoisotopic (exact) mass is 453 g/mol. The Morgan fingerprint density at radius 3 is 2.62 bits per heavy atom. The van der Waals surface area contributed by atoms with E-state index >= 15 is 0 Å². The molecule has 0 saturated carbocycles. The lowest BCUT2D eigenvalue weighted by Crippen LogP contribution is -2.65. The van der Waals surface area contributed by atoms with Crippen molar-refractivity contribution in [2.45, 2.75) is 86.3 Å². The Hall–Kier alpha value is -0.130. The van der Waals surface area contributed by atoms with Crippen molar-refractivity contribution < 1.29 is 24.9 Å². The number of nitrogens with one attached hydrogen (secondary N) is 2. The van der Waals surface area contributed by atoms with E-state index in [-0.39, 0.29) is 11.9 Å². The molecule has 2 rings (SSSR count). The third-order valence-electron chi connectivity index (χ3n) is 5.94. The van der Waals surface area contributed by atoms with Gasteiger partial charge in [0, 0.05) is 0 Å². The molecule has 7 N–H and O–H groups in total. The molecule has 10 heteroatoms. The fourth-order valence-electron chi connectivity index (χ4n) is 4.12. The Bertz CT molecular complexity index is 516. The van der Waals surface area contributed by atoms with Gasteiger partial charge in [-0.25, -0.2) is 0 Å². The lowest BCUT2D eigenvalue weighted by Gasteiger charge is -2.44. The average molecular weight is 454 g/mol. The minimum absolute atomic E-state index is 0.195. The van der Waals surface area contributed by atoms with E-state index in [9.17, 15) is 20.1 Å². The maximum atomic E-state index is 12.9. The van der Waals surface area contributed by atoms with Crippen LogP contribution in [0.5, 0.6) is 0 Å². The molecule has 0 radical (unpaired) electrons. The van der Waals surface area contributed by atoms with Crippen molar-refractivity contribution in [3.8, 4) is 0 Å². The molecule has 0 bridgehead atoms. The fraction of sp³-hybridized carbons (Fsp3) is 0.947. The molecule has 0 spiro atoms. The molecule has 2 saturated heterocycles. The van der Waals surface area contributed by atoms with E-state index < -0.39 is 41.3 Å². The number of thioether (sulfide) groups is 1. The molecular formula is C19H36ClN3O5S. The minimum Gasteiger partial charge on any atom is -0.388 e. The van der Waals surface area contributed by atoms with Gasteiger partial charge < -0.3 is 36.4 Å². The van der Waals surface area contributed by atoms with Gasteiger partial charge in [0.2, 0.25) is 5.91 Å². The van der Waals surface area contributed by atoms with Gasteiger partial charge in [-0.1, -0.05) is 0 Å². The largest absolute Gasteiger partial charge is 0.388 e. The summed E-state index contributed by atoms with van der Waals surface area (Å²) in [6.45, 7) is 3.15. The van der Waals surface area contributed by atoms with E-state index in [0.717, 1.165) is 32.2 Å². The minimum atomic E-state index is -1.37. The predicted octanol–water partition coefficient (Wildman–Crippen LogP) is -0.234. The molecule has 170 valence electrons. The Morgan fingerprint density at radius 1 is 1.28 bits per heavy atom. The van der Waals surface area contributed by atoms with Crippen LogP contribution >= 0.6 is 23.4 Å². The molecule has 1 amide bonds. The maximum Gasteiger partial charge on any atom is 0.237 e. The van der Waals surface area contributed by atoms with Crippen LogP contribution in [0.1, 0.15) is 39.0 Å². The van der Waals surface area contributed by atoms with Crippen molar-refractivity contribution in [2.24, 2.45) is 11.7 Å². The van der Waals surface area contributed by atoms with Crippen LogP contribution < -0.4 is 16.4 Å². The molecule has 0 aliphatic carbocycles. The second-order valence-electron chi connectivity index (χ2n) is 8.06. The average Bonchev–Trinajstić information content (AvgIpc) is 2.95. The summed E-state index contributed by atoms with van der Waals surface area (Å²) < 4.78 is 5.80. The van der Waals surface area contributed by atoms with Crippen LogP contribution in [0.25, 0.3) is 0 Å². The van der Waals surface area contributed by atoms with E-state index in [1.54, 1.807) is 13.2 Å². The van der Waals surface area contributed by atoms with Gasteiger partial charge >= 0.3 is 0 Å². The van der Waals surface area contributed by atoms with Gasteiger partial charge in [0.25, 0.3) is 0 Å². The lowest BCUT2D eigenvalue weighted by atomic mass is 9.92. The Balaban J connectivity index is 2.01. The number of hydrogen-bond donors (Lipinski definition) is 6. The molecule has 29 heavy (non-hydrogen) atoms. The number of ether oxygens (including phenoxy) is 1. The number of hydrogen-bond acceptors (Lipinski definition) is 8. The standard InChI is InChI=1S/C19H36ClN3O5S/c1-10(20)13(17-15(25)14(24)16(26)19(28-17)29-2)23-18(27)12-6-5-11(4-3-8-21)7-9-22-12/h10-17,19,22,24-26H,3-9,21H2,1-2H3,(H,23,27). The first-order valence-corrected chi connectivity index (χ1v) is 12.1. The summed E-state index contributed by atoms with van der Waals surface area (Å²) in [5.41, 5.74) is 4.89. The highest BCUT2D eigenvalue weighted by Crippen LogP contribution is 2.30. The summed E-state index contributed by atoms with van der Waals surface area (Å²) in [5, 5.41) is 36.4. The topological polar surface area (TPSA) is 137 Å². The molecule has 2 fully saturated rings. The van der Waals surface area contributed by atoms with Crippen molar-refractivity contribution in [3.05, 3.63) is 0 Å². The number of carbonyl (C=O) groups is 1. The molecule has 2 aliphatic rings. The zero-order valence-corrected chi connectivity index (χ0v) is 18.7. The summed E-state index contributed by atoms with van der Waals surface area (Å²) in [7, 11) is 0. The number of aliphatic hydroxyl groups excluding tert-OH is 3. The number of alkyl halides is 1. The third-order valence-corrected chi connectivity index (χ3v) is 7.06. The van der Waals surface area contributed by atoms with E-state index in [1.807, 2.05) is 0 Å². The van der Waals surface area contributed by atoms with Crippen molar-refractivity contribution >= 4 is 29.3 Å². The van der Waals surface area contributed by atoms with Crippen LogP contribution in [0.4, 0.5) is 0 Å². The van der Waals surface area contributed by atoms with E-state index in [0.29, 0.717) is 18.9 Å². The molecule has 0 aromatic heterocycles. The zero-order chi connectivity index (χ0) is 21.6. The molecule has 8 nitrogen and oxygen atoms in total. The Kier molecular flexibility index (Phi) is 10.4. The van der Waals surface area contributed by atoms with Crippen LogP contribution in [0.15, 0.2) is 0 Å². The van der Waals surface area contributed by atoms with Gasteiger partial charge in [0.05, 0.1) is 17.5 Å². The quantitative estimate of drug-likeness (QED) is 0.277. The van der Waals surface area contributed by atoms with E-state index in [2.05, 4.69) is 10.6 Å². The van der Waals surface area contributed by atoms with Gasteiger partial charge in [-0.05, 0) is 64.3 Å². The van der Waals surface area contributed by atoms with Crippen LogP contribution in [0.2, 0.25) is 0 Å². The Labute approximate surface area is 182 Å². The van der Waals surface area contributed by atoms with Crippen LogP contribution in [-0.2, 0) is 9.53 Å². The van der Waals surface area contributed by atoms with Crippen molar-refractivity contribution in [1.29, 1.82) is 0 Å². The van der Waals surface area contributed by atoms with Gasteiger partial charge in [-0.2, -0.15) is 0 Å². The number of rotatable bonds is 8. The maximum absolute atomic E-state index is 12.9. The SMILES string of the molecule is CSC1OC(C(NC(=O)C2CCC(CCCN)CCN2)C(C)Cl)C(O)C(O)C1O. The molecule has 0 aromatic rings. The highest BCUT2D eigenvalue weighted by molar-refractivity contribution is 7.99. The molecular weight excluding hydrogens is 418 g/mol. The summed E-state index contributed by atoms with van der Waals surface area (Å²) in [6.07, 6.45) is 1.62. The number of nitrogens with two attached hydrogens (primary N) is 1. The van der Waals surface area contributed by atoms with Gasteiger partial charge in [-0.3, -0.25) is 4.79 Å². The van der Waals surface area contributed by atoms with E-state index in [4.69, 9.17) is 22.1 Å². The Morgan fingerprint density at radius 2 is 2.00 bits per heavy atom. The molecule has 0 aromatic carbocycles. The summed E-state index contributed by atoms with van der Waals surface area (Å²) in [5.74, 6) is 0.369. The third kappa shape index (κ3) is 6.67. The second-order valence-corrected chi connectivity index (χ2v) is 9.68. The van der Waals surface area contributed by atoms with Crippen molar-refractivity contribution in [3.63, 3.8) is 0 Å². The van der Waals surface area contributed by atoms with E-state index in [1.165, 1.54) is 11.8 Å². The summed E-state index contributed by atoms with van der Waals surface area (Å²) in [4.78, 5) is 12.9. The number of halogens is 1. The van der Waals surface area contributed by atoms with Crippen molar-refractivity contribution in [2.75, 3.05) is 19.3 Å². The van der Waals surface area contributed by atoms with Gasteiger partial charge in [-0.15, -0.1) is 23.4 Å². The number of amides is 1. The second kappa shape index (κ2) is 12.0. The van der Waals surface area contributed by atoms with Crippen LogP contribution in [0, 0.1) is 5.92 Å². The molecule has 9 unspecified atom stereocenters. The first kappa shape index (κ1) is 25.1. The molecule has 2 aliphatic heterocycles. The highest BCUT2D eigenvalue weighted by Gasteiger charge is 2.48.